The van der Waals surface area contributed by atoms with E-state index in [0.29, 0.717) is 23.0 Å². The largest absolute Gasteiger partial charge is 0.294 e. The van der Waals surface area contributed by atoms with Crippen LogP contribution in [-0.4, -0.2) is 16.5 Å². The molecule has 1 aliphatic heterocycles. The van der Waals surface area contributed by atoms with Gasteiger partial charge in [-0.25, -0.2) is 10.0 Å². The van der Waals surface area contributed by atoms with E-state index in [1.165, 1.54) is 11.1 Å². The van der Waals surface area contributed by atoms with Crippen LogP contribution in [-0.2, 0) is 10.4 Å². The third kappa shape index (κ3) is 5.62. The number of fused-ring (bicyclic) bond motifs is 4. The molecule has 3 heterocycles. The van der Waals surface area contributed by atoms with Crippen molar-refractivity contribution in [2.24, 2.45) is 0 Å². The Hall–Kier alpha value is -6.95. The molecule has 0 saturated heterocycles. The van der Waals surface area contributed by atoms with Crippen LogP contribution in [0.3, 0.4) is 0 Å². The minimum Gasteiger partial charge on any atom is -0.294 e. The smallest absolute Gasteiger partial charge is 0.138 e. The van der Waals surface area contributed by atoms with Gasteiger partial charge in [-0.2, -0.15) is 5.06 Å². The highest BCUT2D eigenvalue weighted by atomic mass is 16.8. The van der Waals surface area contributed by atoms with E-state index < -0.39 is 12.4 Å². The molecule has 5 heteroatoms. The van der Waals surface area contributed by atoms with Gasteiger partial charge >= 0.3 is 0 Å². The molecule has 0 N–H and O–H groups in total. The summed E-state index contributed by atoms with van der Waals surface area (Å²) in [5.74, 6) is 1.20. The van der Waals surface area contributed by atoms with Crippen molar-refractivity contribution in [2.45, 2.75) is 25.2 Å². The Morgan fingerprint density at radius 2 is 1.21 bits per heavy atom. The van der Waals surface area contributed by atoms with Gasteiger partial charge in [0.2, 0.25) is 0 Å². The van der Waals surface area contributed by atoms with Gasteiger partial charge in [0.05, 0.1) is 33.5 Å². The number of pyridine rings is 1. The number of nitrogens with zero attached hydrogens (tertiary/aromatic N) is 4. The third-order valence-corrected chi connectivity index (χ3v) is 11.4. The number of aromatic nitrogens is 2. The topological polar surface area (TPSA) is 33.5 Å². The Morgan fingerprint density at radius 1 is 0.561 bits per heavy atom. The van der Waals surface area contributed by atoms with E-state index in [1.54, 1.807) is 11.1 Å². The molecular formula is C52H42N4O. The van der Waals surface area contributed by atoms with Crippen molar-refractivity contribution in [2.75, 3.05) is 17.1 Å². The lowest BCUT2D eigenvalue weighted by molar-refractivity contribution is 0.142. The summed E-state index contributed by atoms with van der Waals surface area (Å²) in [6, 6.07) is 65.2. The first-order valence-electron chi connectivity index (χ1n) is 20.9. The standard InChI is InChI=1S/C52H42N4O/c1-36(2)43-23-10-11-24-44(43)37-31-32-53-51(33-37)55-47-26-13-12-25-45(47)46-30-29-41(35-50(46)55)52(38-17-6-4-7-18-38,39-19-8-5-9-20-39)40-21-16-22-42(34-40)56-49-28-15-14-27-48(49)54(3)57-56/h4-36H,1-3H3/i3D3. The molecule has 0 radical (unpaired) electrons. The van der Waals surface area contributed by atoms with Crippen molar-refractivity contribution in [3.05, 3.63) is 222 Å². The number of hydroxylamine groups is 1. The average molecular weight is 742 g/mol. The minimum atomic E-state index is -2.51. The van der Waals surface area contributed by atoms with Gasteiger partial charge in [0.1, 0.15) is 5.82 Å². The molecule has 0 bridgehead atoms. The molecule has 1 aliphatic rings. The average Bonchev–Trinajstić information content (AvgIpc) is 3.85. The molecule has 5 nitrogen and oxygen atoms in total. The molecule has 7 aromatic carbocycles. The van der Waals surface area contributed by atoms with Gasteiger partial charge in [0, 0.05) is 28.1 Å². The molecule has 2 aromatic heterocycles. The van der Waals surface area contributed by atoms with Crippen molar-refractivity contribution >= 4 is 38.9 Å². The third-order valence-electron chi connectivity index (χ3n) is 11.4. The summed E-state index contributed by atoms with van der Waals surface area (Å²) in [5, 5.41) is 4.89. The van der Waals surface area contributed by atoms with E-state index in [-0.39, 0.29) is 0 Å². The summed E-state index contributed by atoms with van der Waals surface area (Å²) in [7, 11) is 0. The zero-order valence-electron chi connectivity index (χ0n) is 34.7. The summed E-state index contributed by atoms with van der Waals surface area (Å²) >= 11 is 0. The normalized spacial score (nSPS) is 13.8. The monoisotopic (exact) mass is 741 g/mol. The highest BCUT2D eigenvalue weighted by molar-refractivity contribution is 6.09. The summed E-state index contributed by atoms with van der Waals surface area (Å²) in [6.07, 6.45) is 1.92. The van der Waals surface area contributed by atoms with Crippen LogP contribution in [0.25, 0.3) is 38.8 Å². The second-order valence-electron chi connectivity index (χ2n) is 14.9. The van der Waals surface area contributed by atoms with Crippen molar-refractivity contribution in [1.29, 1.82) is 0 Å². The Kier molecular flexibility index (Phi) is 7.66. The zero-order chi connectivity index (χ0) is 41.0. The lowest BCUT2D eigenvalue weighted by Gasteiger charge is -2.37. The lowest BCUT2D eigenvalue weighted by atomic mass is 9.65. The van der Waals surface area contributed by atoms with Crippen LogP contribution in [0.1, 0.15) is 51.7 Å². The molecule has 0 aliphatic carbocycles. The molecule has 276 valence electrons. The molecule has 0 atom stereocenters. The van der Waals surface area contributed by atoms with Gasteiger partial charge < -0.3 is 0 Å². The first kappa shape index (κ1) is 31.3. The second kappa shape index (κ2) is 14.0. The molecule has 0 amide bonds. The zero-order valence-corrected chi connectivity index (χ0v) is 31.7. The number of benzene rings is 7. The van der Waals surface area contributed by atoms with E-state index >= 15 is 0 Å². The fraction of sp³-hybridized carbons (Fsp3) is 0.0962. The molecule has 10 rings (SSSR count). The number of rotatable bonds is 8. The Morgan fingerprint density at radius 3 is 1.98 bits per heavy atom. The quantitative estimate of drug-likeness (QED) is 0.145. The molecule has 0 spiro atoms. The molecule has 9 aromatic rings. The van der Waals surface area contributed by atoms with Crippen LogP contribution in [0.15, 0.2) is 194 Å². The molecule has 0 saturated carbocycles. The van der Waals surface area contributed by atoms with Crippen molar-refractivity contribution in [1.82, 2.24) is 9.55 Å². The lowest BCUT2D eigenvalue weighted by Crippen LogP contribution is -2.31. The van der Waals surface area contributed by atoms with E-state index in [4.69, 9.17) is 14.0 Å². The summed E-state index contributed by atoms with van der Waals surface area (Å²) < 4.78 is 27.1. The maximum Gasteiger partial charge on any atom is 0.138 e. The van der Waals surface area contributed by atoms with Gasteiger partial charge in [0.15, 0.2) is 0 Å². The van der Waals surface area contributed by atoms with E-state index in [9.17, 15) is 0 Å². The van der Waals surface area contributed by atoms with Crippen LogP contribution in [0.5, 0.6) is 0 Å². The van der Waals surface area contributed by atoms with Crippen LogP contribution in [0.2, 0.25) is 0 Å². The van der Waals surface area contributed by atoms with Gasteiger partial charge in [-0.3, -0.25) is 4.57 Å². The molecule has 0 fully saturated rings. The first-order valence-corrected chi connectivity index (χ1v) is 19.4. The van der Waals surface area contributed by atoms with Gasteiger partial charge in [-0.15, -0.1) is 4.94 Å². The Bertz CT molecular complexity index is 2980. The van der Waals surface area contributed by atoms with Crippen molar-refractivity contribution < 1.29 is 9.05 Å². The summed E-state index contributed by atoms with van der Waals surface area (Å²) in [6.45, 7) is 1.96. The fourth-order valence-corrected chi connectivity index (χ4v) is 8.83. The number of hydrogen-bond acceptors (Lipinski definition) is 4. The summed E-state index contributed by atoms with van der Waals surface area (Å²) in [5.41, 5.74) is 10.9. The van der Waals surface area contributed by atoms with Crippen LogP contribution >= 0.6 is 0 Å². The van der Waals surface area contributed by atoms with Gasteiger partial charge in [-0.1, -0.05) is 153 Å². The summed E-state index contributed by atoms with van der Waals surface area (Å²) in [4.78, 5) is 11.2. The second-order valence-corrected chi connectivity index (χ2v) is 14.9. The molecular weight excluding hydrogens is 697 g/mol. The van der Waals surface area contributed by atoms with Gasteiger partial charge in [0.25, 0.3) is 0 Å². The molecule has 0 unspecified atom stereocenters. The van der Waals surface area contributed by atoms with E-state index in [0.717, 1.165) is 60.5 Å². The highest BCUT2D eigenvalue weighted by Gasteiger charge is 2.40. The van der Waals surface area contributed by atoms with Crippen molar-refractivity contribution in [3.63, 3.8) is 0 Å². The Labute approximate surface area is 337 Å². The van der Waals surface area contributed by atoms with Crippen LogP contribution in [0, 0.1) is 0 Å². The minimum absolute atomic E-state index is 0.364. The predicted molar refractivity (Wildman–Crippen MR) is 234 cm³/mol. The SMILES string of the molecule is [2H]C([2H])([2H])N1ON(c2cccc(C(c3ccccc3)(c3ccccc3)c3ccc4c5ccccc5n(-c5cc(-c6ccccc6C(C)C)ccn5)c4c3)c2)c2ccccc21. The fourth-order valence-electron chi connectivity index (χ4n) is 8.83. The first-order chi connectivity index (χ1) is 29.2. The van der Waals surface area contributed by atoms with E-state index in [2.05, 4.69) is 158 Å². The van der Waals surface area contributed by atoms with Crippen LogP contribution in [0.4, 0.5) is 17.1 Å². The highest BCUT2D eigenvalue weighted by Crippen LogP contribution is 2.49. The van der Waals surface area contributed by atoms with Crippen molar-refractivity contribution in [3.8, 4) is 16.9 Å². The maximum absolute atomic E-state index is 8.26. The maximum atomic E-state index is 8.26. The van der Waals surface area contributed by atoms with Gasteiger partial charge in [-0.05, 0) is 93.4 Å². The number of hydrogen-bond donors (Lipinski definition) is 0. The number of anilines is 3. The predicted octanol–water partition coefficient (Wildman–Crippen LogP) is 12.8. The van der Waals surface area contributed by atoms with Crippen LogP contribution < -0.4 is 10.1 Å². The van der Waals surface area contributed by atoms with E-state index in [1.807, 2.05) is 48.7 Å². The Balaban J connectivity index is 1.23. The molecule has 57 heavy (non-hydrogen) atoms. The number of para-hydroxylation sites is 3.